The zero-order valence-corrected chi connectivity index (χ0v) is 30.9. The second-order valence-electron chi connectivity index (χ2n) is 13.1. The lowest BCUT2D eigenvalue weighted by Gasteiger charge is -2.15. The third-order valence-corrected chi connectivity index (χ3v) is 8.75. The van der Waals surface area contributed by atoms with E-state index in [2.05, 4.69) is 51.2 Å². The van der Waals surface area contributed by atoms with Gasteiger partial charge in [-0.05, 0) is 52.4 Å². The highest BCUT2D eigenvalue weighted by atomic mass is 16.4. The first kappa shape index (κ1) is 37.5. The highest BCUT2D eigenvalue weighted by Crippen LogP contribution is 2.33. The molecule has 0 fully saturated rings. The van der Waals surface area contributed by atoms with Crippen LogP contribution in [0.1, 0.15) is 109 Å². The van der Waals surface area contributed by atoms with E-state index in [0.29, 0.717) is 63.1 Å². The summed E-state index contributed by atoms with van der Waals surface area (Å²) in [7, 11) is 0. The summed E-state index contributed by atoms with van der Waals surface area (Å²) >= 11 is 0. The Kier molecular flexibility index (Phi) is 10.9. The number of oxazole rings is 6. The number of nitrogens with zero attached hydrogens (tertiary/aromatic N) is 6. The number of hydrogen-bond acceptors (Lipinski definition) is 16. The number of rotatable bonds is 10. The number of hydrogen-bond donors (Lipinski definition) is 4. The molecule has 6 aromatic rings. The van der Waals surface area contributed by atoms with Gasteiger partial charge in [0.25, 0.3) is 11.8 Å². The first-order valence-corrected chi connectivity index (χ1v) is 17.9. The molecule has 4 amide bonds. The number of amides is 4. The lowest BCUT2D eigenvalue weighted by Crippen LogP contribution is -2.29. The van der Waals surface area contributed by atoms with Gasteiger partial charge in [0.15, 0.2) is 34.2 Å². The van der Waals surface area contributed by atoms with E-state index in [1.807, 2.05) is 0 Å². The van der Waals surface area contributed by atoms with Crippen LogP contribution in [0.4, 0.5) is 0 Å². The van der Waals surface area contributed by atoms with Gasteiger partial charge >= 0.3 is 0 Å². The second-order valence-corrected chi connectivity index (χ2v) is 13.1. The SMILES string of the molecule is CC(=O)NCCCCC1NC(=O)c2coc(n2)-c2nc(oc2C)-c2nc(oc2C)C(CCCCNC(C)=O)NC(=O)c2coc(n2)-c2coc(n2)-c2coc1n2. The second kappa shape index (κ2) is 16.2. The summed E-state index contributed by atoms with van der Waals surface area (Å²) in [6.45, 7) is 7.15. The van der Waals surface area contributed by atoms with Gasteiger partial charge in [0.1, 0.15) is 48.7 Å². The van der Waals surface area contributed by atoms with Crippen molar-refractivity contribution in [3.05, 3.63) is 59.7 Å². The summed E-state index contributed by atoms with van der Waals surface area (Å²) in [6, 6.07) is -1.44. The number of fused-ring (bicyclic) bond motifs is 16. The van der Waals surface area contributed by atoms with Crippen LogP contribution in [0.25, 0.3) is 46.3 Å². The van der Waals surface area contributed by atoms with Crippen molar-refractivity contribution in [2.45, 2.75) is 78.3 Å². The first-order valence-electron chi connectivity index (χ1n) is 17.9. The Hall–Kier alpha value is -6.86. The molecule has 292 valence electrons. The number of carbonyl (C=O) groups is 4. The van der Waals surface area contributed by atoms with Crippen LogP contribution in [0.15, 0.2) is 51.6 Å². The molecule has 0 aromatic carbocycles. The van der Waals surface area contributed by atoms with E-state index in [1.54, 1.807) is 13.8 Å². The Balaban J connectivity index is 1.23. The molecule has 7 heterocycles. The molecule has 56 heavy (non-hydrogen) atoms. The molecule has 2 unspecified atom stereocenters. The maximum Gasteiger partial charge on any atom is 0.273 e. The molecular formula is C36H38N10O10. The minimum atomic E-state index is -0.720. The molecule has 20 heteroatoms. The lowest BCUT2D eigenvalue weighted by molar-refractivity contribution is -0.119. The average molecular weight is 771 g/mol. The predicted molar refractivity (Wildman–Crippen MR) is 190 cm³/mol. The van der Waals surface area contributed by atoms with E-state index in [0.717, 1.165) is 0 Å². The van der Waals surface area contributed by atoms with Crippen LogP contribution in [0, 0.1) is 13.8 Å². The van der Waals surface area contributed by atoms with Gasteiger partial charge in [-0.2, -0.15) is 0 Å². The zero-order valence-electron chi connectivity index (χ0n) is 30.9. The summed E-state index contributed by atoms with van der Waals surface area (Å²) in [5, 5.41) is 11.4. The molecule has 7 rings (SSSR count). The lowest BCUT2D eigenvalue weighted by atomic mass is 10.1. The van der Waals surface area contributed by atoms with Gasteiger partial charge in [0, 0.05) is 26.9 Å². The van der Waals surface area contributed by atoms with Gasteiger partial charge in [-0.1, -0.05) is 0 Å². The van der Waals surface area contributed by atoms with Crippen molar-refractivity contribution >= 4 is 23.6 Å². The standard InChI is InChI=1S/C36H38N10O10/c1-17-27-35-42-24(14-54-35)30(50)39-21(9-5-7-11-37-19(3)47)31-43-26(15-52-31)33-44-25(16-53-33)32-41-23(13-51-32)29(49)40-22(10-6-8-12-38-20(4)48)34-45-28(18(2)55-34)36(46-27)56-17/h13-16,21-22H,5-12H2,1-4H3,(H,37,47)(H,38,48)(H,39,50)(H,40,49). The van der Waals surface area contributed by atoms with Gasteiger partial charge in [0.2, 0.25) is 47.2 Å². The molecule has 0 saturated carbocycles. The van der Waals surface area contributed by atoms with Gasteiger partial charge in [-0.15, -0.1) is 0 Å². The van der Waals surface area contributed by atoms with Crippen molar-refractivity contribution < 1.29 is 45.7 Å². The Bertz CT molecular complexity index is 2360. The molecule has 4 N–H and O–H groups in total. The number of aromatic nitrogens is 6. The number of aryl methyl sites for hydroxylation is 2. The molecule has 20 nitrogen and oxygen atoms in total. The first-order chi connectivity index (χ1) is 27.0. The fourth-order valence-electron chi connectivity index (χ4n) is 5.93. The van der Waals surface area contributed by atoms with Crippen LogP contribution in [0.5, 0.6) is 0 Å². The number of unbranched alkanes of at least 4 members (excludes halogenated alkanes) is 2. The van der Waals surface area contributed by atoms with Crippen molar-refractivity contribution in [1.29, 1.82) is 0 Å². The van der Waals surface area contributed by atoms with Gasteiger partial charge in [-0.3, -0.25) is 19.2 Å². The molecule has 0 saturated heterocycles. The van der Waals surface area contributed by atoms with Crippen LogP contribution in [-0.4, -0.2) is 66.6 Å². The fraction of sp³-hybridized carbons (Fsp3) is 0.389. The van der Waals surface area contributed by atoms with Gasteiger partial charge in [-0.25, -0.2) is 29.9 Å². The van der Waals surface area contributed by atoms with E-state index >= 15 is 0 Å². The summed E-state index contributed by atoms with van der Waals surface area (Å²) in [4.78, 5) is 76.8. The number of carbonyl (C=O) groups excluding carboxylic acids is 4. The third kappa shape index (κ3) is 8.43. The maximum atomic E-state index is 13.6. The van der Waals surface area contributed by atoms with Crippen molar-refractivity contribution in [2.24, 2.45) is 0 Å². The Labute approximate surface area is 317 Å². The van der Waals surface area contributed by atoms with Crippen LogP contribution < -0.4 is 21.3 Å². The highest BCUT2D eigenvalue weighted by Gasteiger charge is 2.29. The topological polar surface area (TPSA) is 273 Å². The van der Waals surface area contributed by atoms with Crippen molar-refractivity contribution in [3.8, 4) is 46.3 Å². The third-order valence-electron chi connectivity index (χ3n) is 8.75. The quantitative estimate of drug-likeness (QED) is 0.137. The molecule has 12 bridgehead atoms. The molecule has 1 aliphatic heterocycles. The van der Waals surface area contributed by atoms with Crippen molar-refractivity contribution in [2.75, 3.05) is 13.1 Å². The van der Waals surface area contributed by atoms with E-state index in [1.165, 1.54) is 38.9 Å². The summed E-state index contributed by atoms with van der Waals surface area (Å²) in [5.74, 6) is -0.135. The van der Waals surface area contributed by atoms with Crippen LogP contribution in [-0.2, 0) is 9.59 Å². The Morgan fingerprint density at radius 1 is 0.571 bits per heavy atom. The predicted octanol–water partition coefficient (Wildman–Crippen LogP) is 4.77. The average Bonchev–Trinajstić information content (AvgIpc) is 4.01. The minimum Gasteiger partial charge on any atom is -0.446 e. The molecule has 2 atom stereocenters. The van der Waals surface area contributed by atoms with Crippen LogP contribution in [0.3, 0.4) is 0 Å². The molecule has 0 aliphatic carbocycles. The van der Waals surface area contributed by atoms with E-state index < -0.39 is 23.9 Å². The Morgan fingerprint density at radius 2 is 1.05 bits per heavy atom. The summed E-state index contributed by atoms with van der Waals surface area (Å²) in [5.41, 5.74) is 0.858. The van der Waals surface area contributed by atoms with E-state index in [-0.39, 0.29) is 81.3 Å². The molecule has 6 aromatic heterocycles. The number of nitrogens with one attached hydrogen (secondary N) is 4. The maximum absolute atomic E-state index is 13.6. The largest absolute Gasteiger partial charge is 0.446 e. The van der Waals surface area contributed by atoms with Gasteiger partial charge in [0.05, 0.1) is 0 Å². The highest BCUT2D eigenvalue weighted by molar-refractivity contribution is 5.93. The smallest absolute Gasteiger partial charge is 0.273 e. The summed E-state index contributed by atoms with van der Waals surface area (Å²) < 4.78 is 34.8. The molecule has 0 radical (unpaired) electrons. The van der Waals surface area contributed by atoms with Crippen LogP contribution in [0.2, 0.25) is 0 Å². The molecule has 0 spiro atoms. The minimum absolute atomic E-state index is 0.01000. The fourth-order valence-corrected chi connectivity index (χ4v) is 5.93. The van der Waals surface area contributed by atoms with E-state index in [4.69, 9.17) is 26.5 Å². The van der Waals surface area contributed by atoms with Gasteiger partial charge < -0.3 is 47.8 Å². The normalized spacial score (nSPS) is 15.5. The van der Waals surface area contributed by atoms with Crippen LogP contribution >= 0.6 is 0 Å². The Morgan fingerprint density at radius 3 is 1.68 bits per heavy atom. The molecular weight excluding hydrogens is 732 g/mol. The molecule has 1 aliphatic rings. The summed E-state index contributed by atoms with van der Waals surface area (Å²) in [6.07, 6.45) is 8.29. The van der Waals surface area contributed by atoms with E-state index in [9.17, 15) is 19.2 Å². The van der Waals surface area contributed by atoms with Crippen molar-refractivity contribution in [3.63, 3.8) is 0 Å². The monoisotopic (exact) mass is 770 g/mol. The zero-order chi connectivity index (χ0) is 39.3. The van der Waals surface area contributed by atoms with Crippen molar-refractivity contribution in [1.82, 2.24) is 51.2 Å².